The van der Waals surface area contributed by atoms with Crippen LogP contribution in [0.2, 0.25) is 0 Å². The van der Waals surface area contributed by atoms with E-state index in [-0.39, 0.29) is 6.17 Å². The Morgan fingerprint density at radius 3 is 1.96 bits per heavy atom. The molecule has 1 aliphatic rings. The molecule has 1 unspecified atom stereocenters. The van der Waals surface area contributed by atoms with Crippen molar-refractivity contribution >= 4 is 71.2 Å². The Kier molecular flexibility index (Phi) is 6.33. The van der Waals surface area contributed by atoms with E-state index < -0.39 is 0 Å². The molecule has 0 saturated carbocycles. The third-order valence-electron chi connectivity index (χ3n) is 11.3. The Morgan fingerprint density at radius 1 is 0.473 bits per heavy atom. The fourth-order valence-electron chi connectivity index (χ4n) is 8.94. The van der Waals surface area contributed by atoms with Crippen LogP contribution in [0.3, 0.4) is 0 Å². The van der Waals surface area contributed by atoms with Crippen LogP contribution in [-0.4, -0.2) is 9.13 Å². The Morgan fingerprint density at radius 2 is 1.13 bits per heavy atom. The molecule has 0 aliphatic carbocycles. The number of nitrogens with zero attached hydrogens (tertiary/aromatic N) is 3. The first kappa shape index (κ1) is 30.1. The summed E-state index contributed by atoms with van der Waals surface area (Å²) in [6.07, 6.45) is -0.214. The van der Waals surface area contributed by atoms with Crippen LogP contribution in [0.5, 0.6) is 0 Å². The van der Waals surface area contributed by atoms with Crippen molar-refractivity contribution in [2.75, 3.05) is 0 Å². The van der Waals surface area contributed by atoms with Crippen molar-refractivity contribution in [3.8, 4) is 11.4 Å². The molecular weight excluding hydrogens is 673 g/mol. The van der Waals surface area contributed by atoms with E-state index in [0.717, 1.165) is 82.6 Å². The monoisotopic (exact) mass is 704 g/mol. The van der Waals surface area contributed by atoms with Crippen molar-refractivity contribution in [3.05, 3.63) is 204 Å². The molecule has 8 aromatic carbocycles. The molecule has 11 aromatic rings. The average molecular weight is 705 g/mol. The van der Waals surface area contributed by atoms with E-state index in [1.807, 2.05) is 6.07 Å². The number of para-hydroxylation sites is 4. The van der Waals surface area contributed by atoms with Crippen LogP contribution in [0.4, 0.5) is 0 Å². The summed E-state index contributed by atoms with van der Waals surface area (Å²) in [7, 11) is 0. The van der Waals surface area contributed by atoms with Crippen LogP contribution in [0.25, 0.3) is 82.6 Å². The van der Waals surface area contributed by atoms with E-state index in [0.29, 0.717) is 0 Å². The molecule has 55 heavy (non-hydrogen) atoms. The second kappa shape index (κ2) is 11.6. The Hall–Kier alpha value is -7.37. The summed E-state index contributed by atoms with van der Waals surface area (Å²) in [6.45, 7) is 0. The van der Waals surface area contributed by atoms with Gasteiger partial charge in [-0.25, -0.2) is 0 Å². The number of rotatable bonds is 4. The second-order valence-electron chi connectivity index (χ2n) is 14.3. The highest BCUT2D eigenvalue weighted by atomic mass is 16.3. The van der Waals surface area contributed by atoms with Gasteiger partial charge in [-0.15, -0.1) is 0 Å². The zero-order valence-corrected chi connectivity index (χ0v) is 29.6. The van der Waals surface area contributed by atoms with Gasteiger partial charge in [0.1, 0.15) is 17.3 Å². The molecule has 258 valence electrons. The summed E-state index contributed by atoms with van der Waals surface area (Å²) in [6, 6.07) is 64.7. The minimum Gasteiger partial charge on any atom is -0.455 e. The lowest BCUT2D eigenvalue weighted by atomic mass is 10.0. The summed E-state index contributed by atoms with van der Waals surface area (Å²) in [4.78, 5) is 5.16. The molecule has 5 nitrogen and oxygen atoms in total. The van der Waals surface area contributed by atoms with Gasteiger partial charge in [0, 0.05) is 43.5 Å². The first-order valence-electron chi connectivity index (χ1n) is 18.8. The third-order valence-corrected chi connectivity index (χ3v) is 11.3. The van der Waals surface area contributed by atoms with Gasteiger partial charge in [0.25, 0.3) is 0 Å². The molecule has 1 aliphatic heterocycles. The smallest absolute Gasteiger partial charge is 0.145 e. The number of hydrogen-bond acceptors (Lipinski definition) is 3. The molecule has 0 amide bonds. The van der Waals surface area contributed by atoms with Gasteiger partial charge in [-0.2, -0.15) is 0 Å². The highest BCUT2D eigenvalue weighted by Gasteiger charge is 2.24. The van der Waals surface area contributed by atoms with Gasteiger partial charge in [0.05, 0.1) is 38.5 Å². The lowest BCUT2D eigenvalue weighted by Crippen LogP contribution is -2.39. The first-order chi connectivity index (χ1) is 27.3. The molecule has 0 bridgehead atoms. The molecule has 12 rings (SSSR count). The van der Waals surface area contributed by atoms with Gasteiger partial charge in [-0.05, 0) is 77.9 Å². The van der Waals surface area contributed by atoms with Crippen molar-refractivity contribution in [2.45, 2.75) is 6.17 Å². The number of furan rings is 1. The van der Waals surface area contributed by atoms with Gasteiger partial charge in [0.2, 0.25) is 0 Å². The number of aromatic nitrogens is 2. The molecule has 0 fully saturated rings. The van der Waals surface area contributed by atoms with Gasteiger partial charge >= 0.3 is 0 Å². The Balaban J connectivity index is 1.08. The van der Waals surface area contributed by atoms with Crippen molar-refractivity contribution in [2.24, 2.45) is 4.99 Å². The molecule has 0 radical (unpaired) electrons. The minimum absolute atomic E-state index is 0.214. The summed E-state index contributed by atoms with van der Waals surface area (Å²) in [5, 5.41) is 12.9. The Bertz CT molecular complexity index is 3450. The number of benzene rings is 8. The summed E-state index contributed by atoms with van der Waals surface area (Å²) >= 11 is 0. The zero-order chi connectivity index (χ0) is 36.0. The van der Waals surface area contributed by atoms with Gasteiger partial charge in [-0.3, -0.25) is 4.99 Å². The summed E-state index contributed by atoms with van der Waals surface area (Å²) in [5.74, 6) is 0. The van der Waals surface area contributed by atoms with Gasteiger partial charge in [-0.1, -0.05) is 115 Å². The lowest BCUT2D eigenvalue weighted by molar-refractivity contribution is 0.634. The molecule has 0 spiro atoms. The zero-order valence-electron chi connectivity index (χ0n) is 29.6. The summed E-state index contributed by atoms with van der Waals surface area (Å²) < 4.78 is 11.5. The standard InChI is InChI=1S/C50H32N4O/c1-3-13-31(14-4-1)47-37-18-7-10-20-40(37)51-50(52-47)32-23-25-34(26-24-32)53-41-21-11-8-19-38(41)45-42(53)30-28-39-46-43(54(48(39)45)33-15-5-2-6-16-33)29-27-36-35-17-9-12-22-44(35)55-49(36)46/h1-30,50,52H. The molecular formula is C50H32N4O. The van der Waals surface area contributed by atoms with Gasteiger partial charge in [0.15, 0.2) is 0 Å². The second-order valence-corrected chi connectivity index (χ2v) is 14.3. The minimum atomic E-state index is -0.214. The van der Waals surface area contributed by atoms with Crippen LogP contribution in [0.15, 0.2) is 191 Å². The molecule has 0 saturated heterocycles. The van der Waals surface area contributed by atoms with Crippen LogP contribution in [0.1, 0.15) is 17.3 Å². The quantitative estimate of drug-likeness (QED) is 0.198. The molecule has 1 N–H and O–H groups in total. The molecule has 3 aromatic heterocycles. The van der Waals surface area contributed by atoms with Crippen molar-refractivity contribution in [1.29, 1.82) is 0 Å². The largest absolute Gasteiger partial charge is 0.455 e. The van der Waals surface area contributed by atoms with Crippen LogP contribution in [0, 0.1) is 0 Å². The average Bonchev–Trinajstić information content (AvgIpc) is 3.91. The molecule has 5 heteroatoms. The molecule has 4 heterocycles. The van der Waals surface area contributed by atoms with Crippen LogP contribution < -0.4 is 15.9 Å². The van der Waals surface area contributed by atoms with E-state index in [9.17, 15) is 0 Å². The van der Waals surface area contributed by atoms with E-state index in [1.165, 1.54) is 21.7 Å². The third kappa shape index (κ3) is 4.38. The van der Waals surface area contributed by atoms with Crippen LogP contribution in [-0.2, 0) is 0 Å². The normalized spacial score (nSPS) is 14.3. The first-order valence-corrected chi connectivity index (χ1v) is 18.8. The SMILES string of the molecule is c1ccc(C2=c3ccccc3=NC(c3ccc(-n4c5ccccc5c5c4ccc4c6c7oc8ccccc8c7ccc6n(-c6ccccc6)c45)cc3)N2)cc1. The number of hydrogen-bond donors (Lipinski definition) is 1. The van der Waals surface area contributed by atoms with Crippen molar-refractivity contribution < 1.29 is 4.42 Å². The van der Waals surface area contributed by atoms with E-state index in [1.54, 1.807) is 0 Å². The summed E-state index contributed by atoms with van der Waals surface area (Å²) in [5.41, 5.74) is 12.0. The van der Waals surface area contributed by atoms with Crippen molar-refractivity contribution in [1.82, 2.24) is 14.5 Å². The van der Waals surface area contributed by atoms with Gasteiger partial charge < -0.3 is 18.9 Å². The lowest BCUT2D eigenvalue weighted by Gasteiger charge is -2.23. The predicted molar refractivity (Wildman–Crippen MR) is 224 cm³/mol. The highest BCUT2D eigenvalue weighted by molar-refractivity contribution is 6.30. The fourth-order valence-corrected chi connectivity index (χ4v) is 8.94. The van der Waals surface area contributed by atoms with Crippen LogP contribution >= 0.6 is 0 Å². The molecule has 1 atom stereocenters. The maximum Gasteiger partial charge on any atom is 0.145 e. The van der Waals surface area contributed by atoms with Crippen molar-refractivity contribution in [3.63, 3.8) is 0 Å². The number of fused-ring (bicyclic) bond motifs is 12. The van der Waals surface area contributed by atoms with E-state index in [4.69, 9.17) is 9.41 Å². The topological polar surface area (TPSA) is 47.4 Å². The highest BCUT2D eigenvalue weighted by Crippen LogP contribution is 2.45. The maximum atomic E-state index is 6.68. The maximum absolute atomic E-state index is 6.68. The van der Waals surface area contributed by atoms with E-state index >= 15 is 0 Å². The number of nitrogens with one attached hydrogen (secondary N) is 1. The van der Waals surface area contributed by atoms with E-state index in [2.05, 4.69) is 190 Å². The fraction of sp³-hybridized carbons (Fsp3) is 0.0200. The Labute approximate surface area is 315 Å². The predicted octanol–water partition coefficient (Wildman–Crippen LogP) is 10.9.